The minimum absolute atomic E-state index is 0.0659. The summed E-state index contributed by atoms with van der Waals surface area (Å²) in [7, 11) is 0. The molecule has 0 radical (unpaired) electrons. The van der Waals surface area contributed by atoms with E-state index in [9.17, 15) is 4.79 Å². The van der Waals surface area contributed by atoms with Gasteiger partial charge in [0.2, 0.25) is 5.91 Å². The SMILES string of the molecule is Cc1nn(C(C)(C)C)cc1[C@@H](C)NC(=O)Cc1ccc(Cl)c(Cl)c1. The third kappa shape index (κ3) is 4.52. The minimum Gasteiger partial charge on any atom is -0.349 e. The van der Waals surface area contributed by atoms with Gasteiger partial charge in [0.25, 0.3) is 0 Å². The van der Waals surface area contributed by atoms with Gasteiger partial charge in [0.05, 0.1) is 33.7 Å². The Bertz CT molecular complexity index is 747. The highest BCUT2D eigenvalue weighted by molar-refractivity contribution is 6.42. The molecule has 0 aliphatic heterocycles. The van der Waals surface area contributed by atoms with E-state index in [0.29, 0.717) is 10.0 Å². The quantitative estimate of drug-likeness (QED) is 0.852. The Balaban J connectivity index is 2.06. The van der Waals surface area contributed by atoms with Crippen molar-refractivity contribution in [1.82, 2.24) is 15.1 Å². The molecule has 4 nitrogen and oxygen atoms in total. The molecule has 6 heteroatoms. The molecule has 2 rings (SSSR count). The zero-order chi connectivity index (χ0) is 18.1. The first-order chi connectivity index (χ1) is 11.1. The summed E-state index contributed by atoms with van der Waals surface area (Å²) in [5.41, 5.74) is 2.68. The lowest BCUT2D eigenvalue weighted by molar-refractivity contribution is -0.121. The van der Waals surface area contributed by atoms with Crippen LogP contribution in [0.1, 0.15) is 50.6 Å². The molecular formula is C18H23Cl2N3O. The summed E-state index contributed by atoms with van der Waals surface area (Å²) in [6.45, 7) is 10.2. The Morgan fingerprint density at radius 3 is 2.50 bits per heavy atom. The van der Waals surface area contributed by atoms with Crippen molar-refractivity contribution in [2.45, 2.75) is 52.6 Å². The number of hydrogen-bond acceptors (Lipinski definition) is 2. The molecular weight excluding hydrogens is 345 g/mol. The lowest BCUT2D eigenvalue weighted by Gasteiger charge is -2.19. The van der Waals surface area contributed by atoms with Crippen LogP contribution in [0.3, 0.4) is 0 Å². The van der Waals surface area contributed by atoms with Crippen LogP contribution >= 0.6 is 23.2 Å². The summed E-state index contributed by atoms with van der Waals surface area (Å²) < 4.78 is 1.93. The number of nitrogens with one attached hydrogen (secondary N) is 1. The third-order valence-corrected chi connectivity index (χ3v) is 4.56. The molecule has 2 aromatic rings. The molecule has 0 aliphatic carbocycles. The fourth-order valence-electron chi connectivity index (χ4n) is 2.45. The number of rotatable bonds is 4. The molecule has 1 aromatic carbocycles. The van der Waals surface area contributed by atoms with E-state index in [4.69, 9.17) is 23.2 Å². The highest BCUT2D eigenvalue weighted by Crippen LogP contribution is 2.24. The summed E-state index contributed by atoms with van der Waals surface area (Å²) in [6.07, 6.45) is 2.26. The van der Waals surface area contributed by atoms with Gasteiger partial charge in [-0.25, -0.2) is 0 Å². The molecule has 1 aromatic heterocycles. The molecule has 1 atom stereocenters. The van der Waals surface area contributed by atoms with Gasteiger partial charge in [0.1, 0.15) is 0 Å². The van der Waals surface area contributed by atoms with E-state index < -0.39 is 0 Å². The standard InChI is InChI=1S/C18H23Cl2N3O/c1-11(14-10-23(18(3,4)5)22-12(14)2)21-17(24)9-13-6-7-15(19)16(20)8-13/h6-8,10-11H,9H2,1-5H3,(H,21,24)/t11-/m1/s1. The van der Waals surface area contributed by atoms with Crippen LogP contribution in [-0.2, 0) is 16.8 Å². The van der Waals surface area contributed by atoms with Crippen LogP contribution in [0.2, 0.25) is 10.0 Å². The van der Waals surface area contributed by atoms with Crippen molar-refractivity contribution < 1.29 is 4.79 Å². The van der Waals surface area contributed by atoms with Crippen LogP contribution in [0.15, 0.2) is 24.4 Å². The molecule has 0 unspecified atom stereocenters. The van der Waals surface area contributed by atoms with Gasteiger partial charge in [-0.1, -0.05) is 29.3 Å². The van der Waals surface area contributed by atoms with Crippen molar-refractivity contribution in [2.24, 2.45) is 0 Å². The largest absolute Gasteiger partial charge is 0.349 e. The van der Waals surface area contributed by atoms with Crippen molar-refractivity contribution in [3.63, 3.8) is 0 Å². The summed E-state index contributed by atoms with van der Waals surface area (Å²) in [5.74, 6) is -0.0659. The molecule has 1 heterocycles. The summed E-state index contributed by atoms with van der Waals surface area (Å²) >= 11 is 11.9. The average Bonchev–Trinajstić information content (AvgIpc) is 2.85. The van der Waals surface area contributed by atoms with Gasteiger partial charge < -0.3 is 5.32 Å². The maximum atomic E-state index is 12.3. The molecule has 0 fully saturated rings. The Morgan fingerprint density at radius 2 is 1.96 bits per heavy atom. The average molecular weight is 368 g/mol. The van der Waals surface area contributed by atoms with Gasteiger partial charge in [0, 0.05) is 11.8 Å². The van der Waals surface area contributed by atoms with Crippen molar-refractivity contribution in [2.75, 3.05) is 0 Å². The molecule has 0 saturated carbocycles. The lowest BCUT2D eigenvalue weighted by Crippen LogP contribution is -2.28. The molecule has 130 valence electrons. The third-order valence-electron chi connectivity index (χ3n) is 3.82. The van der Waals surface area contributed by atoms with E-state index in [-0.39, 0.29) is 23.9 Å². The first kappa shape index (κ1) is 18.8. The van der Waals surface area contributed by atoms with Gasteiger partial charge in [0.15, 0.2) is 0 Å². The van der Waals surface area contributed by atoms with E-state index >= 15 is 0 Å². The lowest BCUT2D eigenvalue weighted by atomic mass is 10.1. The van der Waals surface area contributed by atoms with Gasteiger partial charge in [-0.3, -0.25) is 9.48 Å². The number of aromatic nitrogens is 2. The van der Waals surface area contributed by atoms with Crippen molar-refractivity contribution in [1.29, 1.82) is 0 Å². The van der Waals surface area contributed by atoms with Crippen LogP contribution in [0.25, 0.3) is 0 Å². The molecule has 1 N–H and O–H groups in total. The molecule has 0 saturated heterocycles. The van der Waals surface area contributed by atoms with Crippen LogP contribution in [-0.4, -0.2) is 15.7 Å². The maximum Gasteiger partial charge on any atom is 0.224 e. The van der Waals surface area contributed by atoms with Crippen molar-refractivity contribution in [3.05, 3.63) is 51.3 Å². The second kappa shape index (κ2) is 7.16. The molecule has 1 amide bonds. The van der Waals surface area contributed by atoms with Gasteiger partial charge >= 0.3 is 0 Å². The Labute approximate surface area is 153 Å². The minimum atomic E-state index is -0.114. The fraction of sp³-hybridized carbons (Fsp3) is 0.444. The Hall–Kier alpha value is -1.52. The number of aryl methyl sites for hydroxylation is 1. The Kier molecular flexibility index (Phi) is 5.61. The van der Waals surface area contributed by atoms with Crippen molar-refractivity contribution in [3.8, 4) is 0 Å². The van der Waals surface area contributed by atoms with Crippen LogP contribution in [0.5, 0.6) is 0 Å². The monoisotopic (exact) mass is 367 g/mol. The number of benzene rings is 1. The molecule has 0 spiro atoms. The van der Waals surface area contributed by atoms with Gasteiger partial charge in [-0.2, -0.15) is 5.10 Å². The summed E-state index contributed by atoms with van der Waals surface area (Å²) in [6, 6.07) is 5.11. The van der Waals surface area contributed by atoms with E-state index in [2.05, 4.69) is 31.2 Å². The molecule has 24 heavy (non-hydrogen) atoms. The zero-order valence-corrected chi connectivity index (χ0v) is 16.2. The maximum absolute atomic E-state index is 12.3. The highest BCUT2D eigenvalue weighted by atomic mass is 35.5. The molecule has 0 bridgehead atoms. The topological polar surface area (TPSA) is 46.9 Å². The van der Waals surface area contributed by atoms with E-state index in [1.807, 2.05) is 24.7 Å². The van der Waals surface area contributed by atoms with E-state index in [1.165, 1.54) is 0 Å². The number of halogens is 2. The van der Waals surface area contributed by atoms with Crippen LogP contribution in [0, 0.1) is 6.92 Å². The predicted octanol–water partition coefficient (Wildman–Crippen LogP) is 4.67. The number of carbonyl (C=O) groups is 1. The summed E-state index contributed by atoms with van der Waals surface area (Å²) in [5, 5.41) is 8.51. The number of hydrogen-bond donors (Lipinski definition) is 1. The fourth-order valence-corrected chi connectivity index (χ4v) is 2.77. The number of carbonyl (C=O) groups excluding carboxylic acids is 1. The van der Waals surface area contributed by atoms with Crippen LogP contribution in [0.4, 0.5) is 0 Å². The highest BCUT2D eigenvalue weighted by Gasteiger charge is 2.20. The molecule has 0 aliphatic rings. The first-order valence-electron chi connectivity index (χ1n) is 7.88. The zero-order valence-electron chi connectivity index (χ0n) is 14.7. The second-order valence-corrected chi connectivity index (χ2v) is 7.81. The normalized spacial score (nSPS) is 13.0. The van der Waals surface area contributed by atoms with Crippen LogP contribution < -0.4 is 5.32 Å². The summed E-state index contributed by atoms with van der Waals surface area (Å²) in [4.78, 5) is 12.3. The Morgan fingerprint density at radius 1 is 1.29 bits per heavy atom. The van der Waals surface area contributed by atoms with Gasteiger partial charge in [-0.05, 0) is 52.3 Å². The number of amides is 1. The predicted molar refractivity (Wildman–Crippen MR) is 98.7 cm³/mol. The van der Waals surface area contributed by atoms with Crippen molar-refractivity contribution >= 4 is 29.1 Å². The second-order valence-electron chi connectivity index (χ2n) is 7.00. The smallest absolute Gasteiger partial charge is 0.224 e. The van der Waals surface area contributed by atoms with E-state index in [1.54, 1.807) is 18.2 Å². The number of nitrogens with zero attached hydrogens (tertiary/aromatic N) is 2. The van der Waals surface area contributed by atoms with E-state index in [0.717, 1.165) is 16.8 Å². The van der Waals surface area contributed by atoms with Gasteiger partial charge in [-0.15, -0.1) is 0 Å². The first-order valence-corrected chi connectivity index (χ1v) is 8.63.